The Morgan fingerprint density at radius 3 is 2.72 bits per heavy atom. The molecular formula is C28H23FN6O. The first-order chi connectivity index (χ1) is 17.5. The van der Waals surface area contributed by atoms with Crippen LogP contribution in [0.1, 0.15) is 25.5 Å². The van der Waals surface area contributed by atoms with Crippen molar-refractivity contribution in [3.05, 3.63) is 101 Å². The summed E-state index contributed by atoms with van der Waals surface area (Å²) in [7, 11) is 0. The van der Waals surface area contributed by atoms with Crippen molar-refractivity contribution >= 4 is 21.9 Å². The minimum absolute atomic E-state index is 0.141. The molecule has 0 spiro atoms. The normalized spacial score (nSPS) is 11.7. The predicted octanol–water partition coefficient (Wildman–Crippen LogP) is 5.57. The minimum atomic E-state index is -0.383. The number of aromatic nitrogens is 6. The van der Waals surface area contributed by atoms with Gasteiger partial charge in [0.25, 0.3) is 5.56 Å². The number of nitrogens with zero attached hydrogens (tertiary/aromatic N) is 5. The van der Waals surface area contributed by atoms with Gasteiger partial charge >= 0.3 is 0 Å². The molecule has 2 aromatic carbocycles. The quantitative estimate of drug-likeness (QED) is 0.351. The second kappa shape index (κ2) is 8.57. The highest BCUT2D eigenvalue weighted by Crippen LogP contribution is 2.30. The van der Waals surface area contributed by atoms with E-state index in [1.165, 1.54) is 10.6 Å². The van der Waals surface area contributed by atoms with Crippen LogP contribution in [-0.4, -0.2) is 29.3 Å². The molecule has 4 aromatic heterocycles. The topological polar surface area (TPSA) is 81.4 Å². The summed E-state index contributed by atoms with van der Waals surface area (Å²) in [5.74, 6) is 0.274. The van der Waals surface area contributed by atoms with E-state index in [0.717, 1.165) is 16.5 Å². The number of hydrogen-bond donors (Lipinski definition) is 1. The highest BCUT2D eigenvalue weighted by atomic mass is 19.1. The molecule has 0 aliphatic carbocycles. The average Bonchev–Trinajstić information content (AvgIpc) is 3.54. The van der Waals surface area contributed by atoms with E-state index in [2.05, 4.69) is 28.9 Å². The Morgan fingerprint density at radius 1 is 1.06 bits per heavy atom. The van der Waals surface area contributed by atoms with Gasteiger partial charge in [0.05, 0.1) is 18.3 Å². The number of imidazole rings is 1. The molecule has 0 unspecified atom stereocenters. The molecule has 0 aliphatic rings. The molecule has 0 aliphatic heterocycles. The van der Waals surface area contributed by atoms with Crippen LogP contribution in [0.4, 0.5) is 4.39 Å². The van der Waals surface area contributed by atoms with Gasteiger partial charge < -0.3 is 9.55 Å². The van der Waals surface area contributed by atoms with Crippen LogP contribution in [0.5, 0.6) is 0 Å². The molecule has 0 saturated carbocycles. The minimum Gasteiger partial charge on any atom is -0.323 e. The van der Waals surface area contributed by atoms with Gasteiger partial charge in [-0.05, 0) is 49.1 Å². The maximum atomic E-state index is 15.2. The lowest BCUT2D eigenvalue weighted by atomic mass is 10.0. The third-order valence-corrected chi connectivity index (χ3v) is 6.38. The first-order valence-corrected chi connectivity index (χ1v) is 11.7. The second-order valence-corrected chi connectivity index (χ2v) is 9.09. The van der Waals surface area contributed by atoms with E-state index in [4.69, 9.17) is 4.98 Å². The molecule has 4 heterocycles. The van der Waals surface area contributed by atoms with Crippen molar-refractivity contribution < 1.29 is 4.39 Å². The smallest absolute Gasteiger partial charge is 0.258 e. The van der Waals surface area contributed by atoms with Gasteiger partial charge in [-0.1, -0.05) is 30.3 Å². The summed E-state index contributed by atoms with van der Waals surface area (Å²) >= 11 is 0. The van der Waals surface area contributed by atoms with Crippen LogP contribution < -0.4 is 5.56 Å². The molecule has 178 valence electrons. The maximum Gasteiger partial charge on any atom is 0.258 e. The lowest BCUT2D eigenvalue weighted by Crippen LogP contribution is -2.20. The average molecular weight is 479 g/mol. The van der Waals surface area contributed by atoms with Crippen LogP contribution in [0.2, 0.25) is 0 Å². The maximum absolute atomic E-state index is 15.2. The Morgan fingerprint density at radius 2 is 1.92 bits per heavy atom. The van der Waals surface area contributed by atoms with Crippen LogP contribution in [-0.2, 0) is 6.54 Å². The lowest BCUT2D eigenvalue weighted by molar-refractivity contribution is 0.532. The first kappa shape index (κ1) is 21.9. The Hall–Kier alpha value is -4.59. The summed E-state index contributed by atoms with van der Waals surface area (Å²) in [6.07, 6.45) is 7.08. The number of hydrogen-bond acceptors (Lipinski definition) is 4. The van der Waals surface area contributed by atoms with E-state index in [0.29, 0.717) is 33.5 Å². The summed E-state index contributed by atoms with van der Waals surface area (Å²) in [6, 6.07) is 16.4. The molecule has 0 radical (unpaired) electrons. The zero-order chi connectivity index (χ0) is 24.8. The van der Waals surface area contributed by atoms with Crippen molar-refractivity contribution in [3.63, 3.8) is 0 Å². The summed E-state index contributed by atoms with van der Waals surface area (Å²) in [4.78, 5) is 25.3. The van der Waals surface area contributed by atoms with Gasteiger partial charge in [0.15, 0.2) is 5.65 Å². The molecule has 0 saturated heterocycles. The first-order valence-electron chi connectivity index (χ1n) is 11.7. The van der Waals surface area contributed by atoms with Crippen molar-refractivity contribution in [1.82, 2.24) is 29.3 Å². The highest BCUT2D eigenvalue weighted by molar-refractivity contribution is 5.91. The fraction of sp³-hybridized carbons (Fsp3) is 0.143. The molecule has 0 fully saturated rings. The van der Waals surface area contributed by atoms with Crippen LogP contribution in [0, 0.1) is 5.82 Å². The number of fused-ring (bicyclic) bond motifs is 2. The third-order valence-electron chi connectivity index (χ3n) is 6.38. The highest BCUT2D eigenvalue weighted by Gasteiger charge is 2.15. The van der Waals surface area contributed by atoms with E-state index in [1.54, 1.807) is 30.7 Å². The van der Waals surface area contributed by atoms with Crippen LogP contribution in [0.3, 0.4) is 0 Å². The SMILES string of the molecule is CC(C)n1cc(-c2nc3c(-c4ccc(Cn5ccc6ccccc6c5=O)c(F)c4)ccnc3[nH]2)cn1. The third kappa shape index (κ3) is 3.76. The number of rotatable bonds is 5. The Labute approximate surface area is 205 Å². The van der Waals surface area contributed by atoms with Crippen molar-refractivity contribution in [2.75, 3.05) is 0 Å². The zero-order valence-electron chi connectivity index (χ0n) is 19.8. The van der Waals surface area contributed by atoms with Gasteiger partial charge in [-0.2, -0.15) is 5.10 Å². The molecule has 8 heteroatoms. The Bertz CT molecular complexity index is 1800. The molecular weight excluding hydrogens is 455 g/mol. The van der Waals surface area contributed by atoms with Crippen LogP contribution >= 0.6 is 0 Å². The molecule has 0 bridgehead atoms. The zero-order valence-corrected chi connectivity index (χ0v) is 19.8. The van der Waals surface area contributed by atoms with Gasteiger partial charge in [0, 0.05) is 41.1 Å². The lowest BCUT2D eigenvalue weighted by Gasteiger charge is -2.10. The monoisotopic (exact) mass is 478 g/mol. The van der Waals surface area contributed by atoms with Crippen molar-refractivity contribution in [3.8, 4) is 22.5 Å². The fourth-order valence-electron chi connectivity index (χ4n) is 4.40. The van der Waals surface area contributed by atoms with E-state index in [1.807, 2.05) is 47.3 Å². The summed E-state index contributed by atoms with van der Waals surface area (Å²) in [6.45, 7) is 4.27. The van der Waals surface area contributed by atoms with Gasteiger partial charge in [0.2, 0.25) is 0 Å². The largest absolute Gasteiger partial charge is 0.323 e. The number of pyridine rings is 2. The van der Waals surface area contributed by atoms with Gasteiger partial charge in [-0.15, -0.1) is 0 Å². The summed E-state index contributed by atoms with van der Waals surface area (Å²) in [5, 5.41) is 5.87. The molecule has 1 N–H and O–H groups in total. The second-order valence-electron chi connectivity index (χ2n) is 9.09. The van der Waals surface area contributed by atoms with Crippen LogP contribution in [0.25, 0.3) is 44.5 Å². The molecule has 6 aromatic rings. The van der Waals surface area contributed by atoms with Gasteiger partial charge in [0.1, 0.15) is 17.2 Å². The van der Waals surface area contributed by atoms with Crippen LogP contribution in [0.15, 0.2) is 84.2 Å². The number of aromatic amines is 1. The standard InChI is InChI=1S/C28H23FN6O/c1-17(2)35-16-21(14-31-35)26-32-25-22(9-11-30-27(25)33-26)19-7-8-20(24(29)13-19)15-34-12-10-18-5-3-4-6-23(18)28(34)36/h3-14,16-17H,15H2,1-2H3,(H,30,32,33). The molecule has 7 nitrogen and oxygen atoms in total. The van der Waals surface area contributed by atoms with E-state index < -0.39 is 0 Å². The van der Waals surface area contributed by atoms with E-state index in [-0.39, 0.29) is 24.0 Å². The van der Waals surface area contributed by atoms with Crippen molar-refractivity contribution in [1.29, 1.82) is 0 Å². The number of benzene rings is 2. The van der Waals surface area contributed by atoms with Crippen molar-refractivity contribution in [2.45, 2.75) is 26.4 Å². The Balaban J connectivity index is 1.35. The van der Waals surface area contributed by atoms with Gasteiger partial charge in [-0.25, -0.2) is 14.4 Å². The fourth-order valence-corrected chi connectivity index (χ4v) is 4.40. The molecule has 0 atom stereocenters. The number of H-pyrrole nitrogens is 1. The summed E-state index contributed by atoms with van der Waals surface area (Å²) in [5.41, 5.74) is 3.88. The van der Waals surface area contributed by atoms with Crippen molar-refractivity contribution in [2.24, 2.45) is 0 Å². The Kier molecular flexibility index (Phi) is 5.21. The molecule has 36 heavy (non-hydrogen) atoms. The summed E-state index contributed by atoms with van der Waals surface area (Å²) < 4.78 is 18.6. The molecule has 6 rings (SSSR count). The van der Waals surface area contributed by atoms with E-state index >= 15 is 4.39 Å². The predicted molar refractivity (Wildman–Crippen MR) is 138 cm³/mol. The number of nitrogens with one attached hydrogen (secondary N) is 1. The van der Waals surface area contributed by atoms with E-state index in [9.17, 15) is 4.79 Å². The molecule has 0 amide bonds. The number of halogens is 1. The van der Waals surface area contributed by atoms with Gasteiger partial charge in [-0.3, -0.25) is 9.48 Å².